The number of carboxylic acid groups (broad SMARTS) is 1. The van der Waals surface area contributed by atoms with Gasteiger partial charge in [-0.3, -0.25) is 9.59 Å². The summed E-state index contributed by atoms with van der Waals surface area (Å²) in [5.74, 6) is -2.71. The number of carbonyl (C=O) groups excluding carboxylic acids is 3. The first-order valence-electron chi connectivity index (χ1n) is 10.5. The Bertz CT molecular complexity index is 1480. The van der Waals surface area contributed by atoms with E-state index in [1.54, 1.807) is 13.2 Å². The van der Waals surface area contributed by atoms with Gasteiger partial charge in [-0.25, -0.2) is 4.79 Å². The molecule has 0 aliphatic rings. The van der Waals surface area contributed by atoms with Crippen LogP contribution in [-0.4, -0.2) is 30.9 Å². The van der Waals surface area contributed by atoms with Crippen LogP contribution in [0.25, 0.3) is 33.1 Å². The molecule has 0 spiro atoms. The largest absolute Gasteiger partial charge is 0.548 e. The maximum Gasteiger partial charge on any atom is 0.340 e. The first kappa shape index (κ1) is 22.8. The van der Waals surface area contributed by atoms with Crippen LogP contribution in [0.2, 0.25) is 0 Å². The number of nitrogens with one attached hydrogen (secondary N) is 2. The van der Waals surface area contributed by atoms with Gasteiger partial charge in [-0.15, -0.1) is 0 Å². The molecule has 0 saturated heterocycles. The fraction of sp³-hybridized carbons (Fsp3) is 0.200. The smallest absolute Gasteiger partial charge is 0.340 e. The van der Waals surface area contributed by atoms with E-state index in [-0.39, 0.29) is 12.0 Å². The molecule has 0 aliphatic heterocycles. The summed E-state index contributed by atoms with van der Waals surface area (Å²) in [6.45, 7) is 2.46. The number of amides is 2. The summed E-state index contributed by atoms with van der Waals surface area (Å²) in [7, 11) is 0. The molecule has 2 amide bonds. The summed E-state index contributed by atoms with van der Waals surface area (Å²) in [5, 5.41) is 16.4. The van der Waals surface area contributed by atoms with E-state index in [4.69, 9.17) is 8.83 Å². The summed E-state index contributed by atoms with van der Waals surface area (Å²) in [6.07, 6.45) is 1.37. The van der Waals surface area contributed by atoms with E-state index in [0.717, 1.165) is 16.5 Å². The molecule has 34 heavy (non-hydrogen) atoms. The number of aryl methyl sites for hydroxylation is 2. The lowest BCUT2D eigenvalue weighted by atomic mass is 9.97. The van der Waals surface area contributed by atoms with Crippen molar-refractivity contribution in [2.75, 3.05) is 13.1 Å². The molecule has 174 valence electrons. The van der Waals surface area contributed by atoms with E-state index in [1.807, 2.05) is 43.3 Å². The standard InChI is InChI=1S/C25H22N2O7/c1-13-16-8-18-19(15-6-4-3-5-7-15)12-33-23(18)14(2)24(16)34-25(32)17(13)9-20(28)26-10-21(29)27-11-22(30)31/h3-8,12H,9-11H2,1-2H3,(H,26,28)(H,27,29)(H,30,31)/p-1. The summed E-state index contributed by atoms with van der Waals surface area (Å²) < 4.78 is 11.4. The minimum atomic E-state index is -1.44. The van der Waals surface area contributed by atoms with Crippen molar-refractivity contribution >= 4 is 39.7 Å². The number of carboxylic acids is 1. The Kier molecular flexibility index (Phi) is 6.18. The maximum atomic E-state index is 12.7. The molecule has 4 aromatic rings. The Balaban J connectivity index is 1.67. The highest BCUT2D eigenvalue weighted by molar-refractivity contribution is 6.05. The zero-order chi connectivity index (χ0) is 24.4. The molecule has 0 atom stereocenters. The average molecular weight is 461 g/mol. The number of carbonyl (C=O) groups is 3. The second kappa shape index (κ2) is 9.22. The Labute approximate surface area is 193 Å². The van der Waals surface area contributed by atoms with Crippen molar-refractivity contribution in [2.45, 2.75) is 20.3 Å². The van der Waals surface area contributed by atoms with E-state index >= 15 is 0 Å². The van der Waals surface area contributed by atoms with E-state index in [1.165, 1.54) is 0 Å². The van der Waals surface area contributed by atoms with Gasteiger partial charge in [0.15, 0.2) is 0 Å². The van der Waals surface area contributed by atoms with Crippen molar-refractivity contribution in [3.8, 4) is 11.1 Å². The van der Waals surface area contributed by atoms with Crippen LogP contribution >= 0.6 is 0 Å². The van der Waals surface area contributed by atoms with Crippen LogP contribution in [0.5, 0.6) is 0 Å². The molecular weight excluding hydrogens is 440 g/mol. The van der Waals surface area contributed by atoms with Gasteiger partial charge in [-0.1, -0.05) is 30.3 Å². The highest BCUT2D eigenvalue weighted by Crippen LogP contribution is 2.37. The van der Waals surface area contributed by atoms with Crippen LogP contribution in [0.15, 0.2) is 56.3 Å². The number of hydrogen-bond donors (Lipinski definition) is 2. The molecule has 9 heteroatoms. The predicted molar refractivity (Wildman–Crippen MR) is 122 cm³/mol. The first-order chi connectivity index (χ1) is 16.3. The average Bonchev–Trinajstić information content (AvgIpc) is 3.25. The Morgan fingerprint density at radius 2 is 1.62 bits per heavy atom. The molecule has 0 unspecified atom stereocenters. The second-order valence-corrected chi connectivity index (χ2v) is 7.87. The van der Waals surface area contributed by atoms with Crippen LogP contribution in [0.4, 0.5) is 0 Å². The molecule has 2 aromatic heterocycles. The van der Waals surface area contributed by atoms with Crippen molar-refractivity contribution in [1.29, 1.82) is 0 Å². The van der Waals surface area contributed by atoms with Crippen LogP contribution in [0, 0.1) is 13.8 Å². The van der Waals surface area contributed by atoms with E-state index in [0.29, 0.717) is 27.7 Å². The van der Waals surface area contributed by atoms with E-state index in [2.05, 4.69) is 10.6 Å². The van der Waals surface area contributed by atoms with E-state index < -0.39 is 36.5 Å². The number of hydrogen-bond acceptors (Lipinski definition) is 7. The van der Waals surface area contributed by atoms with Gasteiger partial charge in [0.2, 0.25) is 11.8 Å². The van der Waals surface area contributed by atoms with Crippen molar-refractivity contribution in [1.82, 2.24) is 10.6 Å². The molecule has 0 fully saturated rings. The van der Waals surface area contributed by atoms with Crippen LogP contribution in [-0.2, 0) is 20.8 Å². The number of rotatable bonds is 7. The lowest BCUT2D eigenvalue weighted by Gasteiger charge is -2.11. The Morgan fingerprint density at radius 3 is 2.32 bits per heavy atom. The number of aliphatic carboxylic acids is 1. The quantitative estimate of drug-likeness (QED) is 0.396. The molecular formula is C25H21N2O7-. The van der Waals surface area contributed by atoms with Crippen LogP contribution < -0.4 is 21.4 Å². The summed E-state index contributed by atoms with van der Waals surface area (Å²) in [4.78, 5) is 47.0. The SMILES string of the molecule is Cc1c(CC(=O)NCC(=O)NCC(=O)[O-])c(=O)oc2c(C)c3occ(-c4ccccc4)c3cc12. The number of benzene rings is 2. The third-order valence-electron chi connectivity index (χ3n) is 5.64. The number of furan rings is 1. The lowest BCUT2D eigenvalue weighted by Crippen LogP contribution is -2.43. The molecule has 0 radical (unpaired) electrons. The van der Waals surface area contributed by atoms with Crippen molar-refractivity contribution in [3.63, 3.8) is 0 Å². The Hall–Kier alpha value is -4.40. The topological polar surface area (TPSA) is 142 Å². The Morgan fingerprint density at radius 1 is 0.912 bits per heavy atom. The van der Waals surface area contributed by atoms with Crippen molar-refractivity contribution < 1.29 is 28.3 Å². The van der Waals surface area contributed by atoms with Gasteiger partial charge in [0.25, 0.3) is 0 Å². The third-order valence-corrected chi connectivity index (χ3v) is 5.64. The van der Waals surface area contributed by atoms with Gasteiger partial charge < -0.3 is 29.4 Å². The van der Waals surface area contributed by atoms with Gasteiger partial charge >= 0.3 is 5.63 Å². The summed E-state index contributed by atoms with van der Waals surface area (Å²) >= 11 is 0. The van der Waals surface area contributed by atoms with Gasteiger partial charge in [-0.2, -0.15) is 0 Å². The van der Waals surface area contributed by atoms with Gasteiger partial charge in [-0.05, 0) is 31.0 Å². The van der Waals surface area contributed by atoms with Crippen molar-refractivity contribution in [3.05, 3.63) is 69.8 Å². The molecule has 0 aliphatic carbocycles. The summed E-state index contributed by atoms with van der Waals surface area (Å²) in [6, 6.07) is 11.6. The minimum absolute atomic E-state index is 0.170. The summed E-state index contributed by atoms with van der Waals surface area (Å²) in [5.41, 5.74) is 3.65. The first-order valence-corrected chi connectivity index (χ1v) is 10.5. The zero-order valence-electron chi connectivity index (χ0n) is 18.5. The van der Waals surface area contributed by atoms with Crippen LogP contribution in [0.1, 0.15) is 16.7 Å². The highest BCUT2D eigenvalue weighted by atomic mass is 16.4. The normalized spacial score (nSPS) is 11.0. The molecule has 0 bridgehead atoms. The third kappa shape index (κ3) is 4.40. The predicted octanol–water partition coefficient (Wildman–Crippen LogP) is 1.35. The molecule has 2 heterocycles. The molecule has 4 rings (SSSR count). The molecule has 2 aromatic carbocycles. The van der Waals surface area contributed by atoms with Crippen LogP contribution in [0.3, 0.4) is 0 Å². The maximum absolute atomic E-state index is 12.7. The monoisotopic (exact) mass is 461 g/mol. The lowest BCUT2D eigenvalue weighted by molar-refractivity contribution is -0.304. The fourth-order valence-corrected chi connectivity index (χ4v) is 3.88. The molecule has 0 saturated carbocycles. The number of fused-ring (bicyclic) bond motifs is 2. The van der Waals surface area contributed by atoms with E-state index in [9.17, 15) is 24.3 Å². The van der Waals surface area contributed by atoms with Gasteiger partial charge in [0.05, 0.1) is 37.3 Å². The van der Waals surface area contributed by atoms with Gasteiger partial charge in [0.1, 0.15) is 11.2 Å². The second-order valence-electron chi connectivity index (χ2n) is 7.87. The fourth-order valence-electron chi connectivity index (χ4n) is 3.88. The minimum Gasteiger partial charge on any atom is -0.548 e. The van der Waals surface area contributed by atoms with Crippen molar-refractivity contribution in [2.24, 2.45) is 0 Å². The zero-order valence-corrected chi connectivity index (χ0v) is 18.5. The highest BCUT2D eigenvalue weighted by Gasteiger charge is 2.20. The molecule has 9 nitrogen and oxygen atoms in total. The molecule has 2 N–H and O–H groups in total. The van der Waals surface area contributed by atoms with Gasteiger partial charge in [0, 0.05) is 21.9 Å².